The van der Waals surface area contributed by atoms with Crippen LogP contribution in [0.15, 0.2) is 176 Å². The van der Waals surface area contributed by atoms with Crippen LogP contribution in [-0.4, -0.2) is 14.5 Å². The Hall–Kier alpha value is -6.32. The van der Waals surface area contributed by atoms with E-state index in [1.807, 2.05) is 12.1 Å². The van der Waals surface area contributed by atoms with Gasteiger partial charge in [0.1, 0.15) is 0 Å². The summed E-state index contributed by atoms with van der Waals surface area (Å²) in [6.45, 7) is 0. The molecule has 0 bridgehead atoms. The Kier molecular flexibility index (Phi) is 7.29. The standard InChI is InChI=1S/C46H33N3/c1-5-15-32(16-6-1)35-21-13-22-36(29-35)37-27-28-43-40(30-37)45-39(25-14-26-44(45)49(43)38-23-11-4-12-24-38)46-47-41(33-17-7-2-8-18-33)31-42(48-46)34-19-9-3-10-20-34/h2-5,7-31H,1,6H2. The lowest BCUT2D eigenvalue weighted by atomic mass is 9.95. The first-order valence-electron chi connectivity index (χ1n) is 16.9. The third-order valence-electron chi connectivity index (χ3n) is 9.43. The van der Waals surface area contributed by atoms with Crippen LogP contribution in [0.2, 0.25) is 0 Å². The van der Waals surface area contributed by atoms with Crippen LogP contribution < -0.4 is 0 Å². The van der Waals surface area contributed by atoms with Gasteiger partial charge >= 0.3 is 0 Å². The zero-order valence-corrected chi connectivity index (χ0v) is 27.0. The van der Waals surface area contributed by atoms with E-state index in [-0.39, 0.29) is 0 Å². The summed E-state index contributed by atoms with van der Waals surface area (Å²) < 4.78 is 2.37. The van der Waals surface area contributed by atoms with E-state index in [2.05, 4.69) is 168 Å². The van der Waals surface area contributed by atoms with E-state index in [4.69, 9.17) is 9.97 Å². The summed E-state index contributed by atoms with van der Waals surface area (Å²) in [7, 11) is 0. The number of allylic oxidation sites excluding steroid dienone is 4. The minimum Gasteiger partial charge on any atom is -0.309 e. The van der Waals surface area contributed by atoms with Crippen molar-refractivity contribution in [3.63, 3.8) is 0 Å². The Labute approximate surface area is 286 Å². The van der Waals surface area contributed by atoms with Crippen molar-refractivity contribution in [1.82, 2.24) is 14.5 Å². The normalized spacial score (nSPS) is 12.8. The summed E-state index contributed by atoms with van der Waals surface area (Å²) in [5, 5.41) is 2.31. The Balaban J connectivity index is 1.31. The molecule has 2 heterocycles. The molecular formula is C46H33N3. The van der Waals surface area contributed by atoms with Crippen LogP contribution in [-0.2, 0) is 0 Å². The highest BCUT2D eigenvalue weighted by Crippen LogP contribution is 2.40. The van der Waals surface area contributed by atoms with Crippen molar-refractivity contribution in [2.75, 3.05) is 0 Å². The topological polar surface area (TPSA) is 30.7 Å². The minimum absolute atomic E-state index is 0.710. The number of nitrogens with zero attached hydrogens (tertiary/aromatic N) is 3. The molecule has 1 aliphatic carbocycles. The molecule has 8 aromatic rings. The number of hydrogen-bond donors (Lipinski definition) is 0. The quantitative estimate of drug-likeness (QED) is 0.184. The average Bonchev–Trinajstić information content (AvgIpc) is 3.53. The molecule has 0 saturated heterocycles. The highest BCUT2D eigenvalue weighted by Gasteiger charge is 2.20. The molecule has 0 atom stereocenters. The van der Waals surface area contributed by atoms with Crippen LogP contribution in [0.3, 0.4) is 0 Å². The molecule has 0 amide bonds. The number of para-hydroxylation sites is 1. The molecular weight excluding hydrogens is 595 g/mol. The summed E-state index contributed by atoms with van der Waals surface area (Å²) >= 11 is 0. The monoisotopic (exact) mass is 627 g/mol. The van der Waals surface area contributed by atoms with Crippen LogP contribution in [0, 0.1) is 0 Å². The predicted octanol–water partition coefficient (Wildman–Crippen LogP) is 12.0. The van der Waals surface area contributed by atoms with Crippen molar-refractivity contribution < 1.29 is 0 Å². The van der Waals surface area contributed by atoms with Crippen LogP contribution in [0.4, 0.5) is 0 Å². The molecule has 0 spiro atoms. The first-order valence-corrected chi connectivity index (χ1v) is 16.9. The van der Waals surface area contributed by atoms with Crippen molar-refractivity contribution in [3.05, 3.63) is 182 Å². The van der Waals surface area contributed by atoms with Crippen LogP contribution in [0.5, 0.6) is 0 Å². The fourth-order valence-corrected chi connectivity index (χ4v) is 7.08. The maximum atomic E-state index is 5.25. The molecule has 0 fully saturated rings. The lowest BCUT2D eigenvalue weighted by molar-refractivity contribution is 1.04. The third kappa shape index (κ3) is 5.36. The van der Waals surface area contributed by atoms with E-state index in [0.29, 0.717) is 5.82 Å². The second-order valence-electron chi connectivity index (χ2n) is 12.5. The van der Waals surface area contributed by atoms with Gasteiger partial charge in [0.05, 0.1) is 22.4 Å². The summed E-state index contributed by atoms with van der Waals surface area (Å²) in [4.78, 5) is 10.5. The fraction of sp³-hybridized carbons (Fsp3) is 0.0435. The molecule has 0 aliphatic heterocycles. The van der Waals surface area contributed by atoms with E-state index in [9.17, 15) is 0 Å². The van der Waals surface area contributed by atoms with Gasteiger partial charge in [0.15, 0.2) is 5.82 Å². The molecule has 0 unspecified atom stereocenters. The van der Waals surface area contributed by atoms with Crippen molar-refractivity contribution in [1.29, 1.82) is 0 Å². The van der Waals surface area contributed by atoms with Gasteiger partial charge in [0, 0.05) is 33.2 Å². The average molecular weight is 628 g/mol. The van der Waals surface area contributed by atoms with Crippen molar-refractivity contribution >= 4 is 27.4 Å². The largest absolute Gasteiger partial charge is 0.309 e. The Morgan fingerprint density at radius 2 is 1.10 bits per heavy atom. The van der Waals surface area contributed by atoms with Gasteiger partial charge in [-0.1, -0.05) is 133 Å². The number of fused-ring (bicyclic) bond motifs is 3. The van der Waals surface area contributed by atoms with Gasteiger partial charge in [-0.25, -0.2) is 9.97 Å². The second-order valence-corrected chi connectivity index (χ2v) is 12.5. The van der Waals surface area contributed by atoms with E-state index in [1.54, 1.807) is 0 Å². The Morgan fingerprint density at radius 3 is 1.80 bits per heavy atom. The number of hydrogen-bond acceptors (Lipinski definition) is 2. The van der Waals surface area contributed by atoms with Crippen molar-refractivity contribution in [2.45, 2.75) is 12.8 Å². The molecule has 2 aromatic heterocycles. The van der Waals surface area contributed by atoms with Gasteiger partial charge in [0.2, 0.25) is 0 Å². The van der Waals surface area contributed by atoms with Gasteiger partial charge < -0.3 is 4.57 Å². The maximum Gasteiger partial charge on any atom is 0.161 e. The SMILES string of the molecule is C1=CC(c2cccc(-c3ccc4c(c3)c3c(-c5nc(-c6ccccc6)cc(-c6ccccc6)n5)cccc3n4-c3ccccc3)c2)=CCC1. The molecule has 0 saturated carbocycles. The van der Waals surface area contributed by atoms with Gasteiger partial charge in [-0.3, -0.25) is 0 Å². The maximum absolute atomic E-state index is 5.25. The minimum atomic E-state index is 0.710. The van der Waals surface area contributed by atoms with E-state index < -0.39 is 0 Å². The third-order valence-corrected chi connectivity index (χ3v) is 9.43. The molecule has 9 rings (SSSR count). The summed E-state index contributed by atoms with van der Waals surface area (Å²) in [6.07, 6.45) is 9.06. The summed E-state index contributed by atoms with van der Waals surface area (Å²) in [5.74, 6) is 0.710. The number of benzene rings is 6. The van der Waals surface area contributed by atoms with Crippen molar-refractivity contribution in [3.8, 4) is 50.7 Å². The first kappa shape index (κ1) is 28.9. The lowest BCUT2D eigenvalue weighted by Crippen LogP contribution is -1.97. The van der Waals surface area contributed by atoms with Gasteiger partial charge in [-0.15, -0.1) is 0 Å². The summed E-state index contributed by atoms with van der Waals surface area (Å²) in [6, 6.07) is 55.8. The number of rotatable bonds is 6. The smallest absolute Gasteiger partial charge is 0.161 e. The summed E-state index contributed by atoms with van der Waals surface area (Å²) in [5.41, 5.74) is 13.2. The first-order chi connectivity index (χ1) is 24.3. The zero-order valence-electron chi connectivity index (χ0n) is 27.0. The zero-order chi connectivity index (χ0) is 32.6. The molecule has 49 heavy (non-hydrogen) atoms. The van der Waals surface area contributed by atoms with E-state index >= 15 is 0 Å². The molecule has 0 N–H and O–H groups in total. The highest BCUT2D eigenvalue weighted by molar-refractivity contribution is 6.16. The van der Waals surface area contributed by atoms with Crippen LogP contribution in [0.25, 0.3) is 78.1 Å². The molecule has 3 nitrogen and oxygen atoms in total. The molecule has 3 heteroatoms. The van der Waals surface area contributed by atoms with Crippen LogP contribution >= 0.6 is 0 Å². The molecule has 232 valence electrons. The molecule has 0 radical (unpaired) electrons. The molecule has 6 aromatic carbocycles. The predicted molar refractivity (Wildman–Crippen MR) is 204 cm³/mol. The Morgan fingerprint density at radius 1 is 0.469 bits per heavy atom. The second kappa shape index (κ2) is 12.4. The highest BCUT2D eigenvalue weighted by atomic mass is 15.0. The van der Waals surface area contributed by atoms with E-state index in [0.717, 1.165) is 63.0 Å². The fourth-order valence-electron chi connectivity index (χ4n) is 7.08. The lowest BCUT2D eigenvalue weighted by Gasteiger charge is -2.11. The Bertz CT molecular complexity index is 2470. The van der Waals surface area contributed by atoms with E-state index in [1.165, 1.54) is 27.6 Å². The molecule has 1 aliphatic rings. The van der Waals surface area contributed by atoms with Crippen molar-refractivity contribution in [2.24, 2.45) is 0 Å². The van der Waals surface area contributed by atoms with Gasteiger partial charge in [-0.05, 0) is 77.6 Å². The number of aromatic nitrogens is 3. The van der Waals surface area contributed by atoms with Gasteiger partial charge in [-0.2, -0.15) is 0 Å². The van der Waals surface area contributed by atoms with Crippen LogP contribution in [0.1, 0.15) is 18.4 Å². The van der Waals surface area contributed by atoms with Gasteiger partial charge in [0.25, 0.3) is 0 Å².